The summed E-state index contributed by atoms with van der Waals surface area (Å²) in [6.45, 7) is 6.32. The third-order valence-electron chi connectivity index (χ3n) is 3.70. The average Bonchev–Trinajstić information content (AvgIpc) is 2.49. The smallest absolute Gasteiger partial charge is 0.237 e. The number of nitrogens with zero attached hydrogens (tertiary/aromatic N) is 1. The molecule has 1 aliphatic heterocycles. The van der Waals surface area contributed by atoms with Crippen LogP contribution in [0.15, 0.2) is 0 Å². The van der Waals surface area contributed by atoms with Gasteiger partial charge in [0.25, 0.3) is 0 Å². The number of piperidine rings is 1. The van der Waals surface area contributed by atoms with Crippen molar-refractivity contribution in [1.82, 2.24) is 10.2 Å². The van der Waals surface area contributed by atoms with E-state index < -0.39 is 0 Å². The van der Waals surface area contributed by atoms with E-state index in [0.29, 0.717) is 32.4 Å². The first-order valence-corrected chi connectivity index (χ1v) is 7.51. The minimum atomic E-state index is -0.0759. The van der Waals surface area contributed by atoms with Crippen LogP contribution >= 0.6 is 0 Å². The van der Waals surface area contributed by atoms with E-state index >= 15 is 0 Å². The second-order valence-electron chi connectivity index (χ2n) is 5.21. The standard InChI is InChI=1S/C14H29N3O3/c1-12(14(18)16-7-3-10-19-2)17-8-4-13(5-9-17)20-11-6-15/h12-13H,3-11,15H2,1-2H3,(H,16,18). The Balaban J connectivity index is 2.20. The van der Waals surface area contributed by atoms with Crippen LogP contribution in [0.3, 0.4) is 0 Å². The normalized spacial score (nSPS) is 18.9. The summed E-state index contributed by atoms with van der Waals surface area (Å²) in [5, 5.41) is 2.95. The number of rotatable bonds is 9. The molecule has 1 fully saturated rings. The van der Waals surface area contributed by atoms with Crippen molar-refractivity contribution in [2.24, 2.45) is 5.73 Å². The van der Waals surface area contributed by atoms with Crippen LogP contribution in [0, 0.1) is 0 Å². The number of methoxy groups -OCH3 is 1. The molecule has 0 aliphatic carbocycles. The fraction of sp³-hybridized carbons (Fsp3) is 0.929. The molecule has 0 spiro atoms. The van der Waals surface area contributed by atoms with Gasteiger partial charge in [0, 0.05) is 39.9 Å². The highest BCUT2D eigenvalue weighted by atomic mass is 16.5. The Hall–Kier alpha value is -0.690. The van der Waals surface area contributed by atoms with Gasteiger partial charge in [0.1, 0.15) is 0 Å². The minimum Gasteiger partial charge on any atom is -0.385 e. The van der Waals surface area contributed by atoms with E-state index in [9.17, 15) is 4.79 Å². The number of carbonyl (C=O) groups is 1. The van der Waals surface area contributed by atoms with E-state index in [2.05, 4.69) is 10.2 Å². The highest BCUT2D eigenvalue weighted by molar-refractivity contribution is 5.81. The minimum absolute atomic E-state index is 0.0759. The van der Waals surface area contributed by atoms with Gasteiger partial charge in [0.15, 0.2) is 0 Å². The van der Waals surface area contributed by atoms with Crippen molar-refractivity contribution in [2.45, 2.75) is 38.3 Å². The first-order valence-electron chi connectivity index (χ1n) is 7.51. The molecule has 0 aromatic rings. The third kappa shape index (κ3) is 6.17. The molecule has 3 N–H and O–H groups in total. The van der Waals surface area contributed by atoms with Crippen molar-refractivity contribution in [3.63, 3.8) is 0 Å². The van der Waals surface area contributed by atoms with Crippen molar-refractivity contribution in [3.8, 4) is 0 Å². The fourth-order valence-corrected chi connectivity index (χ4v) is 2.41. The Morgan fingerprint density at radius 2 is 2.10 bits per heavy atom. The van der Waals surface area contributed by atoms with Crippen molar-refractivity contribution >= 4 is 5.91 Å². The van der Waals surface area contributed by atoms with Gasteiger partial charge in [-0.2, -0.15) is 0 Å². The summed E-state index contributed by atoms with van der Waals surface area (Å²) < 4.78 is 10.6. The topological polar surface area (TPSA) is 76.8 Å². The summed E-state index contributed by atoms with van der Waals surface area (Å²) >= 11 is 0. The molecule has 0 saturated carbocycles. The predicted octanol–water partition coefficient (Wildman–Crippen LogP) is -0.0327. The van der Waals surface area contributed by atoms with Gasteiger partial charge in [-0.3, -0.25) is 9.69 Å². The summed E-state index contributed by atoms with van der Waals surface area (Å²) in [6, 6.07) is -0.0759. The van der Waals surface area contributed by atoms with Crippen LogP contribution in [0.2, 0.25) is 0 Å². The van der Waals surface area contributed by atoms with Gasteiger partial charge >= 0.3 is 0 Å². The zero-order valence-corrected chi connectivity index (χ0v) is 12.8. The maximum Gasteiger partial charge on any atom is 0.237 e. The van der Waals surface area contributed by atoms with Crippen LogP contribution < -0.4 is 11.1 Å². The molecular weight excluding hydrogens is 258 g/mol. The molecule has 1 saturated heterocycles. The Bertz CT molecular complexity index is 268. The highest BCUT2D eigenvalue weighted by Crippen LogP contribution is 2.15. The van der Waals surface area contributed by atoms with Crippen LogP contribution in [-0.4, -0.2) is 69.5 Å². The van der Waals surface area contributed by atoms with Crippen molar-refractivity contribution in [3.05, 3.63) is 0 Å². The van der Waals surface area contributed by atoms with Gasteiger partial charge in [-0.05, 0) is 26.2 Å². The first kappa shape index (κ1) is 17.4. The maximum absolute atomic E-state index is 12.0. The summed E-state index contributed by atoms with van der Waals surface area (Å²) in [5.41, 5.74) is 5.43. The van der Waals surface area contributed by atoms with Gasteiger partial charge in [0.2, 0.25) is 5.91 Å². The summed E-state index contributed by atoms with van der Waals surface area (Å²) in [5.74, 6) is 0.0995. The Kier molecular flexibility index (Phi) is 8.77. The quantitative estimate of drug-likeness (QED) is 0.582. The lowest BCUT2D eigenvalue weighted by molar-refractivity contribution is -0.127. The molecule has 0 aromatic carbocycles. The van der Waals surface area contributed by atoms with Crippen LogP contribution in [0.25, 0.3) is 0 Å². The van der Waals surface area contributed by atoms with E-state index in [1.807, 2.05) is 6.92 Å². The molecule has 20 heavy (non-hydrogen) atoms. The molecule has 118 valence electrons. The van der Waals surface area contributed by atoms with Gasteiger partial charge in [-0.15, -0.1) is 0 Å². The maximum atomic E-state index is 12.0. The average molecular weight is 287 g/mol. The predicted molar refractivity (Wildman–Crippen MR) is 78.6 cm³/mol. The molecule has 0 aromatic heterocycles. The number of hydrogen-bond donors (Lipinski definition) is 2. The molecule has 6 nitrogen and oxygen atoms in total. The first-order chi connectivity index (χ1) is 9.69. The molecule has 0 radical (unpaired) electrons. The van der Waals surface area contributed by atoms with E-state index in [1.165, 1.54) is 0 Å². The fourth-order valence-electron chi connectivity index (χ4n) is 2.41. The van der Waals surface area contributed by atoms with E-state index in [0.717, 1.165) is 32.4 Å². The van der Waals surface area contributed by atoms with Gasteiger partial charge in [0.05, 0.1) is 18.8 Å². The van der Waals surface area contributed by atoms with Crippen molar-refractivity contribution in [1.29, 1.82) is 0 Å². The molecule has 1 unspecified atom stereocenters. The number of hydrogen-bond acceptors (Lipinski definition) is 5. The molecule has 1 rings (SSSR count). The molecule has 1 heterocycles. The molecule has 0 bridgehead atoms. The second kappa shape index (κ2) is 10.1. The Labute approximate surface area is 122 Å². The number of ether oxygens (including phenoxy) is 2. The zero-order chi connectivity index (χ0) is 14.8. The Morgan fingerprint density at radius 1 is 1.40 bits per heavy atom. The molecule has 6 heteroatoms. The largest absolute Gasteiger partial charge is 0.385 e. The van der Waals surface area contributed by atoms with Crippen LogP contribution in [0.5, 0.6) is 0 Å². The summed E-state index contributed by atoms with van der Waals surface area (Å²) in [4.78, 5) is 14.2. The molecule has 1 atom stereocenters. The molecular formula is C14H29N3O3. The van der Waals surface area contributed by atoms with Crippen LogP contribution in [-0.2, 0) is 14.3 Å². The molecule has 1 aliphatic rings. The lowest BCUT2D eigenvalue weighted by Gasteiger charge is -2.35. The van der Waals surface area contributed by atoms with E-state index in [4.69, 9.17) is 15.2 Å². The summed E-state index contributed by atoms with van der Waals surface area (Å²) in [7, 11) is 1.67. The number of amides is 1. The zero-order valence-electron chi connectivity index (χ0n) is 12.8. The number of likely N-dealkylation sites (tertiary alicyclic amines) is 1. The SMILES string of the molecule is COCCCNC(=O)C(C)N1CCC(OCCN)CC1. The van der Waals surface area contributed by atoms with E-state index in [-0.39, 0.29) is 11.9 Å². The lowest BCUT2D eigenvalue weighted by atomic mass is 10.1. The summed E-state index contributed by atoms with van der Waals surface area (Å²) in [6.07, 6.45) is 3.10. The third-order valence-corrected chi connectivity index (χ3v) is 3.70. The lowest BCUT2D eigenvalue weighted by Crippen LogP contribution is -2.49. The van der Waals surface area contributed by atoms with Gasteiger partial charge < -0.3 is 20.5 Å². The number of carbonyl (C=O) groups excluding carboxylic acids is 1. The van der Waals surface area contributed by atoms with E-state index in [1.54, 1.807) is 7.11 Å². The van der Waals surface area contributed by atoms with Gasteiger partial charge in [-0.25, -0.2) is 0 Å². The second-order valence-corrected chi connectivity index (χ2v) is 5.21. The Morgan fingerprint density at radius 3 is 2.70 bits per heavy atom. The van der Waals surface area contributed by atoms with Crippen molar-refractivity contribution in [2.75, 3.05) is 46.5 Å². The monoisotopic (exact) mass is 287 g/mol. The van der Waals surface area contributed by atoms with Gasteiger partial charge in [-0.1, -0.05) is 0 Å². The number of nitrogens with one attached hydrogen (secondary N) is 1. The molecule has 1 amide bonds. The highest BCUT2D eigenvalue weighted by Gasteiger charge is 2.26. The van der Waals surface area contributed by atoms with Crippen LogP contribution in [0.1, 0.15) is 26.2 Å². The number of nitrogens with two attached hydrogens (primary N) is 1. The van der Waals surface area contributed by atoms with Crippen molar-refractivity contribution < 1.29 is 14.3 Å². The van der Waals surface area contributed by atoms with Crippen LogP contribution in [0.4, 0.5) is 0 Å².